The Bertz CT molecular complexity index is 371. The fourth-order valence-electron chi connectivity index (χ4n) is 3.41. The molecule has 0 aromatic heterocycles. The van der Waals surface area contributed by atoms with Crippen LogP contribution in [-0.4, -0.2) is 26.1 Å². The summed E-state index contributed by atoms with van der Waals surface area (Å²) in [7, 11) is -3.14. The van der Waals surface area contributed by atoms with Crippen LogP contribution in [0.2, 0.25) is 0 Å². The molecule has 0 aromatic rings. The highest BCUT2D eigenvalue weighted by atomic mass is 35.5. The third-order valence-electron chi connectivity index (χ3n) is 4.84. The molecule has 2 saturated carbocycles. The molecule has 2 rings (SSSR count). The van der Waals surface area contributed by atoms with E-state index in [2.05, 4.69) is 4.72 Å². The second-order valence-corrected chi connectivity index (χ2v) is 8.63. The molecular weight excluding hydrogens is 282 g/mol. The van der Waals surface area contributed by atoms with Crippen LogP contribution in [0, 0.1) is 5.41 Å². The fourth-order valence-corrected chi connectivity index (χ4v) is 5.47. The van der Waals surface area contributed by atoms with Gasteiger partial charge in [-0.1, -0.05) is 38.5 Å². The smallest absolute Gasteiger partial charge is 0.214 e. The van der Waals surface area contributed by atoms with E-state index in [1.165, 1.54) is 25.7 Å². The van der Waals surface area contributed by atoms with Crippen LogP contribution in [0.25, 0.3) is 0 Å². The molecule has 0 spiro atoms. The molecule has 0 heterocycles. The van der Waals surface area contributed by atoms with E-state index in [1.807, 2.05) is 0 Å². The summed E-state index contributed by atoms with van der Waals surface area (Å²) < 4.78 is 27.5. The minimum Gasteiger partial charge on any atom is -0.214 e. The topological polar surface area (TPSA) is 46.2 Å². The summed E-state index contributed by atoms with van der Waals surface area (Å²) in [4.78, 5) is 0. The lowest BCUT2D eigenvalue weighted by atomic mass is 9.76. The molecule has 112 valence electrons. The molecule has 2 fully saturated rings. The average molecular weight is 308 g/mol. The lowest BCUT2D eigenvalue weighted by molar-refractivity contribution is 0.223. The highest BCUT2D eigenvalue weighted by Gasteiger charge is 2.34. The van der Waals surface area contributed by atoms with Gasteiger partial charge in [0.25, 0.3) is 0 Å². The lowest BCUT2D eigenvalue weighted by Crippen LogP contribution is -2.44. The van der Waals surface area contributed by atoms with Gasteiger partial charge in [0.2, 0.25) is 10.0 Å². The Labute approximate surface area is 122 Å². The van der Waals surface area contributed by atoms with Crippen LogP contribution in [0.5, 0.6) is 0 Å². The van der Waals surface area contributed by atoms with Gasteiger partial charge >= 0.3 is 0 Å². The van der Waals surface area contributed by atoms with Crippen LogP contribution >= 0.6 is 11.6 Å². The maximum absolute atomic E-state index is 12.3. The Morgan fingerprint density at radius 2 is 1.58 bits per heavy atom. The molecule has 1 N–H and O–H groups in total. The third-order valence-corrected chi connectivity index (χ3v) is 7.30. The summed E-state index contributed by atoms with van der Waals surface area (Å²) in [5, 5.41) is -0.169. The second-order valence-electron chi connectivity index (χ2n) is 6.32. The molecule has 0 atom stereocenters. The Morgan fingerprint density at radius 1 is 1.00 bits per heavy atom. The van der Waals surface area contributed by atoms with Gasteiger partial charge in [0.1, 0.15) is 0 Å². The van der Waals surface area contributed by atoms with Gasteiger partial charge in [-0.25, -0.2) is 13.1 Å². The van der Waals surface area contributed by atoms with Crippen LogP contribution in [0.4, 0.5) is 0 Å². The Morgan fingerprint density at radius 3 is 2.16 bits per heavy atom. The number of hydrogen-bond acceptors (Lipinski definition) is 2. The Kier molecular flexibility index (Phi) is 5.55. The first-order valence-corrected chi connectivity index (χ1v) is 9.71. The van der Waals surface area contributed by atoms with E-state index in [0.717, 1.165) is 38.5 Å². The molecule has 0 radical (unpaired) electrons. The molecule has 0 saturated heterocycles. The van der Waals surface area contributed by atoms with Crippen molar-refractivity contribution in [2.24, 2.45) is 5.41 Å². The molecule has 0 amide bonds. The van der Waals surface area contributed by atoms with Crippen molar-refractivity contribution in [3.63, 3.8) is 0 Å². The molecule has 0 aromatic carbocycles. The van der Waals surface area contributed by atoms with Gasteiger partial charge in [-0.05, 0) is 31.1 Å². The van der Waals surface area contributed by atoms with E-state index >= 15 is 0 Å². The summed E-state index contributed by atoms with van der Waals surface area (Å²) in [6.07, 6.45) is 10.7. The molecule has 2 aliphatic carbocycles. The number of halogens is 1. The lowest BCUT2D eigenvalue weighted by Gasteiger charge is -2.36. The van der Waals surface area contributed by atoms with E-state index in [1.54, 1.807) is 0 Å². The first-order valence-electron chi connectivity index (χ1n) is 7.62. The Balaban J connectivity index is 1.92. The second kappa shape index (κ2) is 6.77. The van der Waals surface area contributed by atoms with E-state index < -0.39 is 10.0 Å². The molecule has 3 nitrogen and oxygen atoms in total. The average Bonchev–Trinajstić information content (AvgIpc) is 2.47. The van der Waals surface area contributed by atoms with Crippen molar-refractivity contribution >= 4 is 21.6 Å². The van der Waals surface area contributed by atoms with E-state index in [9.17, 15) is 8.42 Å². The van der Waals surface area contributed by atoms with E-state index in [-0.39, 0.29) is 10.7 Å². The van der Waals surface area contributed by atoms with Gasteiger partial charge in [0, 0.05) is 12.4 Å². The largest absolute Gasteiger partial charge is 0.214 e. The van der Waals surface area contributed by atoms with Crippen molar-refractivity contribution in [1.82, 2.24) is 4.72 Å². The SMILES string of the molecule is O=S(=O)(NCC1(CCl)CCCCC1)C1CCCCC1. The zero-order valence-corrected chi connectivity index (χ0v) is 13.2. The minimum absolute atomic E-state index is 0.00153. The van der Waals surface area contributed by atoms with Gasteiger partial charge in [-0.15, -0.1) is 11.6 Å². The monoisotopic (exact) mass is 307 g/mol. The number of sulfonamides is 1. The van der Waals surface area contributed by atoms with Crippen LogP contribution in [-0.2, 0) is 10.0 Å². The highest BCUT2D eigenvalue weighted by molar-refractivity contribution is 7.90. The molecule has 0 bridgehead atoms. The number of rotatable bonds is 5. The van der Waals surface area contributed by atoms with Crippen molar-refractivity contribution < 1.29 is 8.42 Å². The normalized spacial score (nSPS) is 25.3. The van der Waals surface area contributed by atoms with E-state index in [0.29, 0.717) is 12.4 Å². The van der Waals surface area contributed by atoms with Crippen LogP contribution in [0.3, 0.4) is 0 Å². The first-order chi connectivity index (χ1) is 9.08. The molecule has 0 unspecified atom stereocenters. The Hall–Kier alpha value is 0.200. The van der Waals surface area contributed by atoms with Crippen molar-refractivity contribution in [2.45, 2.75) is 69.5 Å². The maximum Gasteiger partial charge on any atom is 0.214 e. The number of alkyl halides is 1. The molecule has 5 heteroatoms. The molecule has 19 heavy (non-hydrogen) atoms. The van der Waals surface area contributed by atoms with Crippen molar-refractivity contribution in [1.29, 1.82) is 0 Å². The van der Waals surface area contributed by atoms with Gasteiger partial charge < -0.3 is 0 Å². The van der Waals surface area contributed by atoms with Crippen LogP contribution in [0.1, 0.15) is 64.2 Å². The summed E-state index contributed by atoms with van der Waals surface area (Å²) in [6, 6.07) is 0. The fraction of sp³-hybridized carbons (Fsp3) is 1.00. The summed E-state index contributed by atoms with van der Waals surface area (Å²) >= 11 is 6.12. The summed E-state index contributed by atoms with van der Waals surface area (Å²) in [6.45, 7) is 0.537. The van der Waals surface area contributed by atoms with Crippen molar-refractivity contribution in [3.8, 4) is 0 Å². The predicted molar refractivity (Wildman–Crippen MR) is 80.0 cm³/mol. The van der Waals surface area contributed by atoms with Crippen LogP contribution < -0.4 is 4.72 Å². The van der Waals surface area contributed by atoms with Crippen LogP contribution in [0.15, 0.2) is 0 Å². The van der Waals surface area contributed by atoms with Crippen molar-refractivity contribution in [3.05, 3.63) is 0 Å². The number of hydrogen-bond donors (Lipinski definition) is 1. The maximum atomic E-state index is 12.3. The summed E-state index contributed by atoms with van der Waals surface area (Å²) in [5.41, 5.74) is 0.00153. The van der Waals surface area contributed by atoms with Gasteiger partial charge in [0.15, 0.2) is 0 Å². The van der Waals surface area contributed by atoms with E-state index in [4.69, 9.17) is 11.6 Å². The number of nitrogens with one attached hydrogen (secondary N) is 1. The third kappa shape index (κ3) is 4.08. The van der Waals surface area contributed by atoms with Gasteiger partial charge in [0.05, 0.1) is 5.25 Å². The minimum atomic E-state index is -3.14. The predicted octanol–water partition coefficient (Wildman–Crippen LogP) is 3.43. The first kappa shape index (κ1) is 15.6. The van der Waals surface area contributed by atoms with Gasteiger partial charge in [-0.2, -0.15) is 0 Å². The molecule has 2 aliphatic rings. The molecular formula is C14H26ClNO2S. The van der Waals surface area contributed by atoms with Crippen molar-refractivity contribution in [2.75, 3.05) is 12.4 Å². The quantitative estimate of drug-likeness (QED) is 0.791. The zero-order chi connectivity index (χ0) is 13.8. The zero-order valence-electron chi connectivity index (χ0n) is 11.7. The molecule has 0 aliphatic heterocycles. The summed E-state index contributed by atoms with van der Waals surface area (Å²) in [5.74, 6) is 0.570. The van der Waals surface area contributed by atoms with Gasteiger partial charge in [-0.3, -0.25) is 0 Å². The standard InChI is InChI=1S/C14H26ClNO2S/c15-11-14(9-5-2-6-10-14)12-16-19(17,18)13-7-3-1-4-8-13/h13,16H,1-12H2. The highest BCUT2D eigenvalue weighted by Crippen LogP contribution is 2.37.